The van der Waals surface area contributed by atoms with Crippen LogP contribution in [0.4, 0.5) is 0 Å². The van der Waals surface area contributed by atoms with Crippen LogP contribution in [0.5, 0.6) is 5.75 Å². The van der Waals surface area contributed by atoms with Crippen molar-refractivity contribution in [3.05, 3.63) is 41.5 Å². The number of hydrogen-bond acceptors (Lipinski definition) is 5. The van der Waals surface area contributed by atoms with E-state index in [-0.39, 0.29) is 29.1 Å². The highest BCUT2D eigenvalue weighted by Gasteiger charge is 2.62. The normalized spacial score (nSPS) is 38.5. The molecule has 6 heteroatoms. The van der Waals surface area contributed by atoms with Crippen molar-refractivity contribution in [2.75, 3.05) is 13.2 Å². The topological polar surface area (TPSA) is 91.2 Å². The van der Waals surface area contributed by atoms with Crippen molar-refractivity contribution in [3.8, 4) is 5.75 Å². The van der Waals surface area contributed by atoms with Crippen LogP contribution in [0.1, 0.15) is 77.7 Å². The molecule has 3 fully saturated rings. The number of aliphatic hydroxyl groups is 1. The van der Waals surface area contributed by atoms with Gasteiger partial charge in [0.1, 0.15) is 5.75 Å². The van der Waals surface area contributed by atoms with Crippen LogP contribution >= 0.6 is 0 Å². The van der Waals surface area contributed by atoms with Gasteiger partial charge in [-0.2, -0.15) is 0 Å². The van der Waals surface area contributed by atoms with Crippen LogP contribution in [-0.2, 0) is 16.1 Å². The lowest BCUT2D eigenvalue weighted by Crippen LogP contribution is -2.53. The summed E-state index contributed by atoms with van der Waals surface area (Å²) in [5.41, 5.74) is 3.25. The van der Waals surface area contributed by atoms with Crippen LogP contribution < -0.4 is 5.32 Å². The van der Waals surface area contributed by atoms with Gasteiger partial charge in [-0.3, -0.25) is 4.79 Å². The molecule has 0 spiro atoms. The van der Waals surface area contributed by atoms with Gasteiger partial charge in [0.25, 0.3) is 5.91 Å². The van der Waals surface area contributed by atoms with Crippen LogP contribution in [0.3, 0.4) is 0 Å². The Morgan fingerprint density at radius 2 is 1.81 bits per heavy atom. The molecule has 0 aliphatic heterocycles. The van der Waals surface area contributed by atoms with Crippen molar-refractivity contribution in [3.63, 3.8) is 0 Å². The molecule has 36 heavy (non-hydrogen) atoms. The highest BCUT2D eigenvalue weighted by Crippen LogP contribution is 2.67. The minimum atomic E-state index is -0.527. The Morgan fingerprint density at radius 1 is 1.06 bits per heavy atom. The fourth-order valence-electron chi connectivity index (χ4n) is 8.12. The largest absolute Gasteiger partial charge is 0.508 e. The molecule has 1 amide bonds. The lowest BCUT2D eigenvalue weighted by atomic mass is 9.46. The molecule has 3 saturated carbocycles. The zero-order valence-corrected chi connectivity index (χ0v) is 22.1. The van der Waals surface area contributed by atoms with E-state index in [2.05, 4.69) is 37.3 Å². The molecule has 4 aliphatic rings. The van der Waals surface area contributed by atoms with Gasteiger partial charge in [-0.25, -0.2) is 0 Å². The predicted octanol–water partition coefficient (Wildman–Crippen LogP) is 5.14. The summed E-state index contributed by atoms with van der Waals surface area (Å²) < 4.78 is 0. The first-order valence-electron chi connectivity index (χ1n) is 13.8. The molecule has 0 heterocycles. The number of allylic oxidation sites excluding steroid dienone is 2. The molecule has 6 nitrogen and oxygen atoms in total. The second kappa shape index (κ2) is 9.51. The second-order valence-corrected chi connectivity index (χ2v) is 12.4. The summed E-state index contributed by atoms with van der Waals surface area (Å²) in [5.74, 6) is 2.09. The summed E-state index contributed by atoms with van der Waals surface area (Å²) in [5, 5.41) is 27.7. The van der Waals surface area contributed by atoms with Gasteiger partial charge >= 0.3 is 0 Å². The fraction of sp³-hybridized carbons (Fsp3) is 0.667. The molecule has 0 radical (unpaired) electrons. The Morgan fingerprint density at radius 3 is 2.58 bits per heavy atom. The lowest BCUT2D eigenvalue weighted by Gasteiger charge is -2.59. The van der Waals surface area contributed by atoms with E-state index in [0.29, 0.717) is 30.7 Å². The predicted molar refractivity (Wildman–Crippen MR) is 141 cm³/mol. The average molecular weight is 495 g/mol. The number of oxime groups is 1. The van der Waals surface area contributed by atoms with Crippen LogP contribution in [0, 0.1) is 28.6 Å². The van der Waals surface area contributed by atoms with Gasteiger partial charge in [-0.15, -0.1) is 0 Å². The summed E-state index contributed by atoms with van der Waals surface area (Å²) >= 11 is 0. The number of carbonyl (C=O) groups excluding carboxylic acids is 1. The van der Waals surface area contributed by atoms with Gasteiger partial charge in [-0.1, -0.05) is 36.7 Å². The number of phenolic OH excluding ortho intramolecular Hbond substituents is 1. The standard InChI is InChI=1S/C30H42N2O4/c1-28-14-10-22(32-36-19-27(34)31-17-13-20-4-7-23(33)8-5-20)18-21(28)6-9-24-25(28)11-15-29(2)26(24)12-16-30(29,3)35/h4-5,7-8,18,24-26,33,35H,6,9-17,19H2,1-3H3,(H,31,34)/b32-22-/t24-,25+,26-,28+,29+,30+/m1/s1. The molecule has 0 aromatic heterocycles. The molecule has 5 rings (SSSR count). The number of benzene rings is 1. The number of phenols is 1. The number of fused-ring (bicyclic) bond motifs is 5. The molecule has 1 aromatic carbocycles. The zero-order valence-electron chi connectivity index (χ0n) is 22.1. The molecule has 0 bridgehead atoms. The van der Waals surface area contributed by atoms with Crippen molar-refractivity contribution < 1.29 is 19.8 Å². The van der Waals surface area contributed by atoms with Gasteiger partial charge in [0, 0.05) is 6.54 Å². The van der Waals surface area contributed by atoms with Crippen molar-refractivity contribution >= 4 is 11.6 Å². The Labute approximate surface area is 215 Å². The van der Waals surface area contributed by atoms with E-state index >= 15 is 0 Å². The summed E-state index contributed by atoms with van der Waals surface area (Å²) in [7, 11) is 0. The van der Waals surface area contributed by atoms with Crippen molar-refractivity contribution in [2.24, 2.45) is 33.7 Å². The van der Waals surface area contributed by atoms with Gasteiger partial charge in [0.15, 0.2) is 6.61 Å². The zero-order chi connectivity index (χ0) is 25.6. The Bertz CT molecular complexity index is 1050. The van der Waals surface area contributed by atoms with Crippen LogP contribution in [-0.4, -0.2) is 40.6 Å². The number of hydrogen-bond donors (Lipinski definition) is 3. The third-order valence-corrected chi connectivity index (χ3v) is 10.6. The van der Waals surface area contributed by atoms with Crippen LogP contribution in [0.2, 0.25) is 0 Å². The van der Waals surface area contributed by atoms with Gasteiger partial charge in [0.05, 0.1) is 11.3 Å². The average Bonchev–Trinajstić information content (AvgIpc) is 3.09. The first-order chi connectivity index (χ1) is 17.1. The summed E-state index contributed by atoms with van der Waals surface area (Å²) in [6.07, 6.45) is 11.7. The number of rotatable bonds is 6. The molecule has 196 valence electrons. The minimum absolute atomic E-state index is 0.0610. The van der Waals surface area contributed by atoms with Gasteiger partial charge < -0.3 is 20.4 Å². The summed E-state index contributed by atoms with van der Waals surface area (Å²) in [6, 6.07) is 7.00. The third-order valence-electron chi connectivity index (χ3n) is 10.6. The highest BCUT2D eigenvalue weighted by molar-refractivity contribution is 5.96. The van der Waals surface area contributed by atoms with Crippen molar-refractivity contribution in [1.82, 2.24) is 5.32 Å². The van der Waals surface area contributed by atoms with E-state index in [1.165, 1.54) is 18.4 Å². The third kappa shape index (κ3) is 4.46. The summed E-state index contributed by atoms with van der Waals surface area (Å²) in [6.45, 7) is 7.32. The number of nitrogens with zero attached hydrogens (tertiary/aromatic N) is 1. The van der Waals surface area contributed by atoms with Crippen molar-refractivity contribution in [2.45, 2.75) is 84.2 Å². The lowest BCUT2D eigenvalue weighted by molar-refractivity contribution is -0.125. The van der Waals surface area contributed by atoms with E-state index in [0.717, 1.165) is 49.8 Å². The smallest absolute Gasteiger partial charge is 0.260 e. The molecular weight excluding hydrogens is 452 g/mol. The maximum absolute atomic E-state index is 12.1. The molecule has 0 saturated heterocycles. The van der Waals surface area contributed by atoms with Crippen LogP contribution in [0.15, 0.2) is 41.1 Å². The van der Waals surface area contributed by atoms with Crippen molar-refractivity contribution in [1.29, 1.82) is 0 Å². The maximum atomic E-state index is 12.1. The van der Waals surface area contributed by atoms with Gasteiger partial charge in [0.2, 0.25) is 0 Å². The van der Waals surface area contributed by atoms with E-state index in [1.54, 1.807) is 12.1 Å². The quantitative estimate of drug-likeness (QED) is 0.478. The molecule has 1 aromatic rings. The molecule has 0 unspecified atom stereocenters. The van der Waals surface area contributed by atoms with Gasteiger partial charge in [-0.05, 0) is 117 Å². The monoisotopic (exact) mass is 494 g/mol. The fourth-order valence-corrected chi connectivity index (χ4v) is 8.12. The molecule has 3 N–H and O–H groups in total. The Balaban J connectivity index is 1.15. The maximum Gasteiger partial charge on any atom is 0.260 e. The summed E-state index contributed by atoms with van der Waals surface area (Å²) in [4.78, 5) is 17.6. The first-order valence-corrected chi connectivity index (χ1v) is 13.8. The Hall–Kier alpha value is -2.34. The van der Waals surface area contributed by atoms with E-state index in [4.69, 9.17) is 4.84 Å². The number of aromatic hydroxyl groups is 1. The number of carbonyl (C=O) groups is 1. The molecular formula is C30H42N2O4. The molecule has 6 atom stereocenters. The highest BCUT2D eigenvalue weighted by atomic mass is 16.6. The number of nitrogens with one attached hydrogen (secondary N) is 1. The Kier molecular flexibility index (Phi) is 6.69. The second-order valence-electron chi connectivity index (χ2n) is 12.4. The SMILES string of the molecule is C[C@]12CC/C(=N/OCC(=O)NCCc3ccc(O)cc3)C=C1CC[C@H]1[C@H]3CC[C@](C)(O)[C@@]3(C)CC[C@@H]12. The first kappa shape index (κ1) is 25.3. The molecule has 4 aliphatic carbocycles. The number of amides is 1. The minimum Gasteiger partial charge on any atom is -0.508 e. The van der Waals surface area contributed by atoms with E-state index in [1.807, 2.05) is 12.1 Å². The van der Waals surface area contributed by atoms with E-state index in [9.17, 15) is 15.0 Å². The van der Waals surface area contributed by atoms with E-state index < -0.39 is 5.60 Å². The van der Waals surface area contributed by atoms with Crippen LogP contribution in [0.25, 0.3) is 0 Å².